The van der Waals surface area contributed by atoms with Crippen LogP contribution in [0.5, 0.6) is 0 Å². The molecule has 1 saturated heterocycles. The minimum Gasteiger partial charge on any atom is -0.394 e. The van der Waals surface area contributed by atoms with Crippen LogP contribution in [0.4, 0.5) is 4.39 Å². The van der Waals surface area contributed by atoms with E-state index in [4.69, 9.17) is 15.3 Å². The van der Waals surface area contributed by atoms with Crippen LogP contribution < -0.4 is 0 Å². The van der Waals surface area contributed by atoms with Crippen LogP contribution in [0.3, 0.4) is 0 Å². The predicted octanol–water partition coefficient (Wildman–Crippen LogP) is -1.56. The number of ether oxygens (including phenoxy) is 1. The first-order valence-corrected chi connectivity index (χ1v) is 3.39. The molecular formula is C6H11FO4. The van der Waals surface area contributed by atoms with Crippen molar-refractivity contribution in [2.24, 2.45) is 0 Å². The summed E-state index contributed by atoms with van der Waals surface area (Å²) in [7, 11) is 0. The minimum atomic E-state index is -1.70. The molecule has 1 fully saturated rings. The van der Waals surface area contributed by atoms with Crippen LogP contribution in [0.15, 0.2) is 0 Å². The Hall–Kier alpha value is -0.230. The molecule has 66 valence electrons. The molecule has 1 heterocycles. The lowest BCUT2D eigenvalue weighted by atomic mass is 10.0. The Morgan fingerprint density at radius 3 is 2.64 bits per heavy atom. The predicted molar refractivity (Wildman–Crippen MR) is 33.7 cm³/mol. The summed E-state index contributed by atoms with van der Waals surface area (Å²) in [5, 5.41) is 26.3. The molecule has 0 spiro atoms. The Kier molecular flexibility index (Phi) is 2.78. The van der Waals surface area contributed by atoms with Gasteiger partial charge in [-0.25, -0.2) is 4.39 Å². The molecule has 1 aliphatic rings. The van der Waals surface area contributed by atoms with Gasteiger partial charge < -0.3 is 20.1 Å². The van der Waals surface area contributed by atoms with E-state index in [9.17, 15) is 4.39 Å². The molecule has 5 heteroatoms. The fraction of sp³-hybridized carbons (Fsp3) is 1.00. The summed E-state index contributed by atoms with van der Waals surface area (Å²) in [6.07, 6.45) is -5.34. The smallest absolute Gasteiger partial charge is 0.157 e. The Morgan fingerprint density at radius 1 is 1.45 bits per heavy atom. The van der Waals surface area contributed by atoms with Gasteiger partial charge in [0, 0.05) is 0 Å². The van der Waals surface area contributed by atoms with E-state index in [1.54, 1.807) is 0 Å². The van der Waals surface area contributed by atoms with Crippen LogP contribution >= 0.6 is 0 Å². The second-order valence-electron chi connectivity index (χ2n) is 2.56. The topological polar surface area (TPSA) is 69.9 Å². The van der Waals surface area contributed by atoms with Gasteiger partial charge in [0.15, 0.2) is 6.17 Å². The molecule has 0 aromatic carbocycles. The first kappa shape index (κ1) is 8.86. The molecule has 0 aliphatic carbocycles. The summed E-state index contributed by atoms with van der Waals surface area (Å²) >= 11 is 0. The Bertz CT molecular complexity index is 130. The summed E-state index contributed by atoms with van der Waals surface area (Å²) < 4.78 is 17.5. The number of halogens is 1. The molecule has 3 N–H and O–H groups in total. The summed E-state index contributed by atoms with van der Waals surface area (Å²) in [6, 6.07) is 0. The van der Waals surface area contributed by atoms with Gasteiger partial charge in [-0.1, -0.05) is 0 Å². The van der Waals surface area contributed by atoms with E-state index >= 15 is 0 Å². The lowest BCUT2D eigenvalue weighted by Gasteiger charge is -2.32. The first-order valence-electron chi connectivity index (χ1n) is 3.39. The fourth-order valence-electron chi connectivity index (χ4n) is 0.998. The molecule has 0 aromatic heterocycles. The Balaban J connectivity index is 2.52. The average Bonchev–Trinajstić information content (AvgIpc) is 2.01. The van der Waals surface area contributed by atoms with Crippen molar-refractivity contribution < 1.29 is 24.4 Å². The van der Waals surface area contributed by atoms with Crippen molar-refractivity contribution in [3.05, 3.63) is 0 Å². The molecule has 4 atom stereocenters. The third kappa shape index (κ3) is 1.67. The molecule has 0 unspecified atom stereocenters. The summed E-state index contributed by atoms with van der Waals surface area (Å²) in [6.45, 7) is -0.613. The highest BCUT2D eigenvalue weighted by molar-refractivity contribution is 4.86. The number of aliphatic hydroxyl groups is 3. The zero-order valence-electron chi connectivity index (χ0n) is 5.85. The van der Waals surface area contributed by atoms with Crippen molar-refractivity contribution in [2.75, 3.05) is 13.2 Å². The highest BCUT2D eigenvalue weighted by Crippen LogP contribution is 2.17. The number of alkyl halides is 1. The lowest BCUT2D eigenvalue weighted by molar-refractivity contribution is -0.173. The van der Waals surface area contributed by atoms with Crippen LogP contribution in [0.1, 0.15) is 0 Å². The first-order chi connectivity index (χ1) is 5.16. The van der Waals surface area contributed by atoms with E-state index in [2.05, 4.69) is 4.74 Å². The van der Waals surface area contributed by atoms with E-state index in [1.165, 1.54) is 0 Å². The van der Waals surface area contributed by atoms with Gasteiger partial charge >= 0.3 is 0 Å². The Morgan fingerprint density at radius 2 is 2.09 bits per heavy atom. The van der Waals surface area contributed by atoms with Crippen molar-refractivity contribution in [1.82, 2.24) is 0 Å². The molecule has 1 rings (SSSR count). The summed E-state index contributed by atoms with van der Waals surface area (Å²) in [5.74, 6) is 0. The third-order valence-electron chi connectivity index (χ3n) is 1.74. The molecular weight excluding hydrogens is 155 g/mol. The van der Waals surface area contributed by atoms with Gasteiger partial charge in [-0.05, 0) is 0 Å². The second-order valence-corrected chi connectivity index (χ2v) is 2.56. The maximum absolute atomic E-state index is 12.8. The fourth-order valence-corrected chi connectivity index (χ4v) is 0.998. The van der Waals surface area contributed by atoms with Crippen LogP contribution in [0.2, 0.25) is 0 Å². The quantitative estimate of drug-likeness (QED) is 0.440. The van der Waals surface area contributed by atoms with Crippen LogP contribution in [0, 0.1) is 0 Å². The van der Waals surface area contributed by atoms with E-state index in [1.807, 2.05) is 0 Å². The number of hydrogen-bond acceptors (Lipinski definition) is 4. The maximum Gasteiger partial charge on any atom is 0.157 e. The van der Waals surface area contributed by atoms with E-state index < -0.39 is 31.1 Å². The highest BCUT2D eigenvalue weighted by atomic mass is 19.1. The van der Waals surface area contributed by atoms with Gasteiger partial charge in [-0.2, -0.15) is 0 Å². The highest BCUT2D eigenvalue weighted by Gasteiger charge is 2.38. The standard InChI is InChI=1S/C6H11FO4/c7-5-4(1-8)11-2-3(9)6(5)10/h3-6,8-10H,1-2H2/t3-,4+,5-,6+/m0/s1. The largest absolute Gasteiger partial charge is 0.394 e. The molecule has 11 heavy (non-hydrogen) atoms. The molecule has 4 nitrogen and oxygen atoms in total. The average molecular weight is 166 g/mol. The molecule has 0 saturated carbocycles. The lowest BCUT2D eigenvalue weighted by Crippen LogP contribution is -2.51. The van der Waals surface area contributed by atoms with Gasteiger partial charge in [0.25, 0.3) is 0 Å². The van der Waals surface area contributed by atoms with E-state index in [-0.39, 0.29) is 6.61 Å². The number of hydrogen-bond donors (Lipinski definition) is 3. The zero-order chi connectivity index (χ0) is 8.43. The maximum atomic E-state index is 12.8. The van der Waals surface area contributed by atoms with Crippen LogP contribution in [0.25, 0.3) is 0 Å². The summed E-state index contributed by atoms with van der Waals surface area (Å²) in [4.78, 5) is 0. The molecule has 1 aliphatic heterocycles. The van der Waals surface area contributed by atoms with Gasteiger partial charge in [0.1, 0.15) is 18.3 Å². The normalized spacial score (nSPS) is 45.8. The number of aliphatic hydroxyl groups excluding tert-OH is 3. The molecule has 0 amide bonds. The van der Waals surface area contributed by atoms with E-state index in [0.717, 1.165) is 0 Å². The van der Waals surface area contributed by atoms with Gasteiger partial charge in [-0.15, -0.1) is 0 Å². The van der Waals surface area contributed by atoms with Crippen LogP contribution in [-0.4, -0.2) is 53.0 Å². The monoisotopic (exact) mass is 166 g/mol. The Labute approximate surface area is 63.2 Å². The van der Waals surface area contributed by atoms with Gasteiger partial charge in [0.2, 0.25) is 0 Å². The zero-order valence-corrected chi connectivity index (χ0v) is 5.85. The van der Waals surface area contributed by atoms with Crippen molar-refractivity contribution in [3.8, 4) is 0 Å². The van der Waals surface area contributed by atoms with Crippen molar-refractivity contribution in [3.63, 3.8) is 0 Å². The van der Waals surface area contributed by atoms with Crippen molar-refractivity contribution in [2.45, 2.75) is 24.5 Å². The SMILES string of the molecule is OC[C@H]1OC[C@H](O)[C@@H](O)[C@H]1F. The van der Waals surface area contributed by atoms with Gasteiger partial charge in [-0.3, -0.25) is 0 Å². The van der Waals surface area contributed by atoms with Crippen molar-refractivity contribution >= 4 is 0 Å². The van der Waals surface area contributed by atoms with E-state index in [0.29, 0.717) is 0 Å². The summed E-state index contributed by atoms with van der Waals surface area (Å²) in [5.41, 5.74) is 0. The second kappa shape index (κ2) is 3.44. The van der Waals surface area contributed by atoms with Crippen molar-refractivity contribution in [1.29, 1.82) is 0 Å². The molecule has 0 aromatic rings. The molecule has 0 bridgehead atoms. The molecule has 0 radical (unpaired) electrons. The number of rotatable bonds is 1. The van der Waals surface area contributed by atoms with Crippen LogP contribution in [-0.2, 0) is 4.74 Å². The van der Waals surface area contributed by atoms with Gasteiger partial charge in [0.05, 0.1) is 13.2 Å². The minimum absolute atomic E-state index is 0.132. The third-order valence-corrected chi connectivity index (χ3v) is 1.74.